The van der Waals surface area contributed by atoms with Gasteiger partial charge in [-0.3, -0.25) is 0 Å². The van der Waals surface area contributed by atoms with Gasteiger partial charge in [-0.25, -0.2) is 0 Å². The molecule has 0 unspecified atom stereocenters. The maximum absolute atomic E-state index is 5.88. The highest BCUT2D eigenvalue weighted by atomic mass is 35.5. The van der Waals surface area contributed by atoms with Crippen molar-refractivity contribution < 1.29 is 14.2 Å². The minimum Gasteiger partial charge on any atom is -0.493 e. The van der Waals surface area contributed by atoms with Crippen molar-refractivity contribution in [2.75, 3.05) is 21.3 Å². The first-order chi connectivity index (χ1) is 10.7. The highest BCUT2D eigenvalue weighted by molar-refractivity contribution is 6.30. The van der Waals surface area contributed by atoms with Crippen LogP contribution < -0.4 is 19.5 Å². The lowest BCUT2D eigenvalue weighted by molar-refractivity contribution is 0.323. The molecule has 0 aliphatic rings. The van der Waals surface area contributed by atoms with Gasteiger partial charge in [0.25, 0.3) is 0 Å². The molecule has 0 heterocycles. The van der Waals surface area contributed by atoms with Gasteiger partial charge < -0.3 is 19.5 Å². The summed E-state index contributed by atoms with van der Waals surface area (Å²) in [7, 11) is 4.82. The first kappa shape index (κ1) is 16.5. The topological polar surface area (TPSA) is 39.7 Å². The third-order valence-electron chi connectivity index (χ3n) is 3.30. The van der Waals surface area contributed by atoms with Crippen molar-refractivity contribution in [3.05, 3.63) is 52.5 Å². The fourth-order valence-corrected chi connectivity index (χ4v) is 2.32. The molecule has 4 nitrogen and oxygen atoms in total. The van der Waals surface area contributed by atoms with Crippen LogP contribution >= 0.6 is 11.6 Å². The summed E-state index contributed by atoms with van der Waals surface area (Å²) >= 11 is 5.88. The summed E-state index contributed by atoms with van der Waals surface area (Å²) in [6.07, 6.45) is 0. The van der Waals surface area contributed by atoms with Crippen molar-refractivity contribution in [2.45, 2.75) is 13.1 Å². The molecule has 0 fully saturated rings. The van der Waals surface area contributed by atoms with Crippen LogP contribution in [0.25, 0.3) is 0 Å². The standard InChI is InChI=1S/C17H20ClNO3/c1-20-15-8-13(9-16(21-2)17(15)22-3)11-19-10-12-4-6-14(18)7-5-12/h4-9,19H,10-11H2,1-3H3. The number of nitrogens with one attached hydrogen (secondary N) is 1. The van der Waals surface area contributed by atoms with E-state index in [1.807, 2.05) is 36.4 Å². The van der Waals surface area contributed by atoms with Crippen molar-refractivity contribution in [1.29, 1.82) is 0 Å². The average molecular weight is 322 g/mol. The van der Waals surface area contributed by atoms with E-state index in [-0.39, 0.29) is 0 Å². The molecule has 0 aromatic heterocycles. The Morgan fingerprint density at radius 1 is 0.818 bits per heavy atom. The van der Waals surface area contributed by atoms with Gasteiger partial charge in [0.15, 0.2) is 11.5 Å². The van der Waals surface area contributed by atoms with Crippen molar-refractivity contribution in [2.24, 2.45) is 0 Å². The Morgan fingerprint density at radius 2 is 1.36 bits per heavy atom. The van der Waals surface area contributed by atoms with Crippen LogP contribution in [0.5, 0.6) is 17.2 Å². The van der Waals surface area contributed by atoms with Gasteiger partial charge in [0, 0.05) is 18.1 Å². The first-order valence-corrected chi connectivity index (χ1v) is 7.29. The van der Waals surface area contributed by atoms with Crippen molar-refractivity contribution in [3.8, 4) is 17.2 Å². The molecule has 2 aromatic rings. The zero-order chi connectivity index (χ0) is 15.9. The zero-order valence-electron chi connectivity index (χ0n) is 13.0. The van der Waals surface area contributed by atoms with Gasteiger partial charge in [-0.2, -0.15) is 0 Å². The Hall–Kier alpha value is -1.91. The van der Waals surface area contributed by atoms with Crippen LogP contribution in [0.4, 0.5) is 0 Å². The van der Waals surface area contributed by atoms with E-state index in [2.05, 4.69) is 5.32 Å². The Morgan fingerprint density at radius 3 is 1.86 bits per heavy atom. The van der Waals surface area contributed by atoms with Crippen molar-refractivity contribution in [3.63, 3.8) is 0 Å². The molecule has 0 saturated heterocycles. The molecule has 1 N–H and O–H groups in total. The number of ether oxygens (including phenoxy) is 3. The molecule has 118 valence electrons. The van der Waals surface area contributed by atoms with E-state index in [0.29, 0.717) is 23.8 Å². The van der Waals surface area contributed by atoms with Gasteiger partial charge in [0.05, 0.1) is 21.3 Å². The van der Waals surface area contributed by atoms with Crippen LogP contribution in [-0.4, -0.2) is 21.3 Å². The number of halogens is 1. The van der Waals surface area contributed by atoms with E-state index in [1.54, 1.807) is 21.3 Å². The van der Waals surface area contributed by atoms with Crippen LogP contribution in [0.15, 0.2) is 36.4 Å². The third kappa shape index (κ3) is 4.06. The molecule has 0 atom stereocenters. The Labute approximate surface area is 136 Å². The molecule has 0 spiro atoms. The second-order valence-corrected chi connectivity index (χ2v) is 5.20. The maximum atomic E-state index is 5.88. The highest BCUT2D eigenvalue weighted by Gasteiger charge is 2.12. The molecule has 5 heteroatoms. The summed E-state index contributed by atoms with van der Waals surface area (Å²) in [5.41, 5.74) is 2.24. The summed E-state index contributed by atoms with van der Waals surface area (Å²) < 4.78 is 16.0. The Bertz CT molecular complexity index is 589. The lowest BCUT2D eigenvalue weighted by atomic mass is 10.1. The number of benzene rings is 2. The summed E-state index contributed by atoms with van der Waals surface area (Å²) in [6, 6.07) is 11.7. The second-order valence-electron chi connectivity index (χ2n) is 4.76. The number of hydrogen-bond acceptors (Lipinski definition) is 4. The molecule has 0 saturated carbocycles. The number of hydrogen-bond donors (Lipinski definition) is 1. The molecular weight excluding hydrogens is 302 g/mol. The maximum Gasteiger partial charge on any atom is 0.203 e. The van der Waals surface area contributed by atoms with Crippen LogP contribution in [-0.2, 0) is 13.1 Å². The van der Waals surface area contributed by atoms with Gasteiger partial charge in [-0.05, 0) is 35.4 Å². The average Bonchev–Trinajstić information content (AvgIpc) is 2.55. The largest absolute Gasteiger partial charge is 0.493 e. The molecule has 2 aromatic carbocycles. The number of methoxy groups -OCH3 is 3. The smallest absolute Gasteiger partial charge is 0.203 e. The molecule has 0 radical (unpaired) electrons. The van der Waals surface area contributed by atoms with E-state index < -0.39 is 0 Å². The predicted molar refractivity (Wildman–Crippen MR) is 88.1 cm³/mol. The van der Waals surface area contributed by atoms with Gasteiger partial charge in [0.1, 0.15) is 0 Å². The molecule has 0 aliphatic heterocycles. The third-order valence-corrected chi connectivity index (χ3v) is 3.55. The SMILES string of the molecule is COc1cc(CNCc2ccc(Cl)cc2)cc(OC)c1OC. The van der Waals surface area contributed by atoms with E-state index in [9.17, 15) is 0 Å². The number of rotatable bonds is 7. The summed E-state index contributed by atoms with van der Waals surface area (Å²) in [5, 5.41) is 4.13. The quantitative estimate of drug-likeness (QED) is 0.845. The molecule has 0 aliphatic carbocycles. The normalized spacial score (nSPS) is 10.4. The lowest BCUT2D eigenvalue weighted by Gasteiger charge is -2.14. The van der Waals surface area contributed by atoms with E-state index in [1.165, 1.54) is 5.56 Å². The molecule has 0 bridgehead atoms. The van der Waals surface area contributed by atoms with Crippen LogP contribution in [0.2, 0.25) is 5.02 Å². The molecule has 2 rings (SSSR count). The first-order valence-electron chi connectivity index (χ1n) is 6.92. The summed E-state index contributed by atoms with van der Waals surface area (Å²) in [6.45, 7) is 1.45. The molecule has 0 amide bonds. The summed E-state index contributed by atoms with van der Waals surface area (Å²) in [4.78, 5) is 0. The molecular formula is C17H20ClNO3. The van der Waals surface area contributed by atoms with Gasteiger partial charge in [-0.1, -0.05) is 23.7 Å². The van der Waals surface area contributed by atoms with Gasteiger partial charge in [-0.15, -0.1) is 0 Å². The van der Waals surface area contributed by atoms with Gasteiger partial charge in [0.2, 0.25) is 5.75 Å². The van der Waals surface area contributed by atoms with E-state index in [0.717, 1.165) is 17.1 Å². The lowest BCUT2D eigenvalue weighted by Crippen LogP contribution is -2.13. The fraction of sp³-hybridized carbons (Fsp3) is 0.294. The van der Waals surface area contributed by atoms with Gasteiger partial charge >= 0.3 is 0 Å². The van der Waals surface area contributed by atoms with Crippen LogP contribution in [0.3, 0.4) is 0 Å². The molecule has 22 heavy (non-hydrogen) atoms. The van der Waals surface area contributed by atoms with Crippen LogP contribution in [0.1, 0.15) is 11.1 Å². The highest BCUT2D eigenvalue weighted by Crippen LogP contribution is 2.38. The fourth-order valence-electron chi connectivity index (χ4n) is 2.19. The minimum absolute atomic E-state index is 0.603. The minimum atomic E-state index is 0.603. The van der Waals surface area contributed by atoms with Crippen LogP contribution in [0, 0.1) is 0 Å². The predicted octanol–water partition coefficient (Wildman–Crippen LogP) is 3.66. The Kier molecular flexibility index (Phi) is 5.92. The van der Waals surface area contributed by atoms with E-state index >= 15 is 0 Å². The zero-order valence-corrected chi connectivity index (χ0v) is 13.7. The Balaban J connectivity index is 2.04. The monoisotopic (exact) mass is 321 g/mol. The second kappa shape index (κ2) is 7.92. The van der Waals surface area contributed by atoms with Crippen molar-refractivity contribution in [1.82, 2.24) is 5.32 Å². The van der Waals surface area contributed by atoms with Crippen molar-refractivity contribution >= 4 is 11.6 Å². The van der Waals surface area contributed by atoms with E-state index in [4.69, 9.17) is 25.8 Å². The summed E-state index contributed by atoms with van der Waals surface area (Å²) in [5.74, 6) is 1.92.